The third kappa shape index (κ3) is 1.32. The van der Waals surface area contributed by atoms with Gasteiger partial charge in [-0.25, -0.2) is 0 Å². The molecule has 11 heavy (non-hydrogen) atoms. The summed E-state index contributed by atoms with van der Waals surface area (Å²) in [6, 6.07) is 1.08. The molecule has 62 valence electrons. The molecule has 0 aliphatic carbocycles. The molecule has 0 spiro atoms. The minimum absolute atomic E-state index is 0.471. The molecule has 0 aromatic heterocycles. The van der Waals surface area contributed by atoms with E-state index in [2.05, 4.69) is 11.9 Å². The Kier molecular flexibility index (Phi) is 1.93. The Balaban J connectivity index is 2.12. The molecule has 0 aromatic rings. The van der Waals surface area contributed by atoms with Gasteiger partial charge in [-0.2, -0.15) is 11.8 Å². The largest absolute Gasteiger partial charge is 0.300 e. The summed E-state index contributed by atoms with van der Waals surface area (Å²) in [6.07, 6.45) is 1.58. The summed E-state index contributed by atoms with van der Waals surface area (Å²) >= 11 is 2.00. The van der Waals surface area contributed by atoms with E-state index in [1.54, 1.807) is 0 Å². The van der Waals surface area contributed by atoms with Crippen LogP contribution in [0.15, 0.2) is 0 Å². The van der Waals surface area contributed by atoms with Gasteiger partial charge in [-0.05, 0) is 7.05 Å². The van der Waals surface area contributed by atoms with E-state index in [1.807, 2.05) is 11.8 Å². The van der Waals surface area contributed by atoms with Crippen molar-refractivity contribution in [3.63, 3.8) is 0 Å². The lowest BCUT2D eigenvalue weighted by Gasteiger charge is -2.42. The Morgan fingerprint density at radius 1 is 1.36 bits per heavy atom. The van der Waals surface area contributed by atoms with Gasteiger partial charge in [0.05, 0.1) is 0 Å². The first-order chi connectivity index (χ1) is 5.27. The van der Waals surface area contributed by atoms with Crippen molar-refractivity contribution in [2.45, 2.75) is 24.9 Å². The lowest BCUT2D eigenvalue weighted by molar-refractivity contribution is -0.124. The van der Waals surface area contributed by atoms with Crippen LogP contribution in [-0.2, 0) is 4.79 Å². The standard InChI is InChI=1S/C8H13NOS/c1-9-6-2-8(10)3-7(9)5-11-4-6/h6-7H,2-5H2,1H3/t6-,7-/m0/s1. The fraction of sp³-hybridized carbons (Fsp3) is 0.875. The van der Waals surface area contributed by atoms with Crippen LogP contribution in [0.4, 0.5) is 0 Å². The molecule has 2 aliphatic rings. The maximum Gasteiger partial charge on any atom is 0.136 e. The number of Topliss-reactive ketones (excluding diaryl/α,β-unsaturated/α-hetero) is 1. The van der Waals surface area contributed by atoms with Crippen molar-refractivity contribution in [2.75, 3.05) is 18.6 Å². The number of hydrogen-bond acceptors (Lipinski definition) is 3. The van der Waals surface area contributed by atoms with Gasteiger partial charge in [-0.1, -0.05) is 0 Å². The molecule has 0 amide bonds. The predicted molar refractivity (Wildman–Crippen MR) is 46.9 cm³/mol. The molecule has 0 saturated carbocycles. The molecule has 2 saturated heterocycles. The minimum atomic E-state index is 0.471. The molecule has 2 bridgehead atoms. The van der Waals surface area contributed by atoms with E-state index in [-0.39, 0.29) is 0 Å². The zero-order valence-electron chi connectivity index (χ0n) is 6.75. The van der Waals surface area contributed by atoms with Crippen LogP contribution in [0.25, 0.3) is 0 Å². The number of thioether (sulfide) groups is 1. The van der Waals surface area contributed by atoms with E-state index in [4.69, 9.17) is 0 Å². The molecule has 3 heteroatoms. The smallest absolute Gasteiger partial charge is 0.136 e. The highest BCUT2D eigenvalue weighted by molar-refractivity contribution is 7.99. The normalized spacial score (nSPS) is 39.2. The summed E-state index contributed by atoms with van der Waals surface area (Å²) in [7, 11) is 2.15. The monoisotopic (exact) mass is 171 g/mol. The quantitative estimate of drug-likeness (QED) is 0.537. The Morgan fingerprint density at radius 2 is 1.91 bits per heavy atom. The second-order valence-corrected chi connectivity index (χ2v) is 4.53. The first-order valence-electron chi connectivity index (χ1n) is 4.09. The molecule has 0 aromatic carbocycles. The summed E-state index contributed by atoms with van der Waals surface area (Å²) in [5.74, 6) is 2.77. The molecular weight excluding hydrogens is 158 g/mol. The van der Waals surface area contributed by atoms with Crippen molar-refractivity contribution in [1.29, 1.82) is 0 Å². The predicted octanol–water partition coefficient (Wildman–Crippen LogP) is 0.765. The first kappa shape index (κ1) is 7.62. The van der Waals surface area contributed by atoms with Crippen molar-refractivity contribution in [3.05, 3.63) is 0 Å². The highest BCUT2D eigenvalue weighted by atomic mass is 32.2. The Labute approximate surface area is 71.3 Å². The summed E-state index contributed by atoms with van der Waals surface area (Å²) in [4.78, 5) is 13.6. The zero-order chi connectivity index (χ0) is 7.84. The number of fused-ring (bicyclic) bond motifs is 2. The minimum Gasteiger partial charge on any atom is -0.300 e. The fourth-order valence-corrected chi connectivity index (χ4v) is 3.27. The number of rotatable bonds is 0. The van der Waals surface area contributed by atoms with Gasteiger partial charge in [-0.3, -0.25) is 9.69 Å². The maximum atomic E-state index is 11.2. The molecule has 0 radical (unpaired) electrons. The van der Waals surface area contributed by atoms with Gasteiger partial charge >= 0.3 is 0 Å². The van der Waals surface area contributed by atoms with Crippen LogP contribution in [0.5, 0.6) is 0 Å². The Hall–Kier alpha value is -0.0200. The average Bonchev–Trinajstić information content (AvgIpc) is 1.92. The highest BCUT2D eigenvalue weighted by Gasteiger charge is 2.35. The van der Waals surface area contributed by atoms with Crippen molar-refractivity contribution in [3.8, 4) is 0 Å². The van der Waals surface area contributed by atoms with Gasteiger partial charge in [-0.15, -0.1) is 0 Å². The van der Waals surface area contributed by atoms with Gasteiger partial charge in [0.15, 0.2) is 0 Å². The topological polar surface area (TPSA) is 20.3 Å². The number of nitrogens with zero attached hydrogens (tertiary/aromatic N) is 1. The fourth-order valence-electron chi connectivity index (χ4n) is 1.89. The van der Waals surface area contributed by atoms with Crippen LogP contribution in [0.3, 0.4) is 0 Å². The van der Waals surface area contributed by atoms with Crippen LogP contribution in [-0.4, -0.2) is 41.3 Å². The maximum absolute atomic E-state index is 11.2. The SMILES string of the molecule is CN1[C@@H]2CSC[C@@H]1CC(=O)C2. The third-order valence-electron chi connectivity index (χ3n) is 2.70. The van der Waals surface area contributed by atoms with E-state index in [9.17, 15) is 4.79 Å². The van der Waals surface area contributed by atoms with Crippen molar-refractivity contribution < 1.29 is 4.79 Å². The summed E-state index contributed by atoms with van der Waals surface area (Å²) in [6.45, 7) is 0. The number of ketones is 1. The lowest BCUT2D eigenvalue weighted by Crippen LogP contribution is -2.52. The average molecular weight is 171 g/mol. The number of hydrogen-bond donors (Lipinski definition) is 0. The summed E-state index contributed by atoms with van der Waals surface area (Å²) < 4.78 is 0. The number of piperidine rings is 1. The van der Waals surface area contributed by atoms with Gasteiger partial charge in [0.2, 0.25) is 0 Å². The van der Waals surface area contributed by atoms with Crippen LogP contribution < -0.4 is 0 Å². The number of carbonyl (C=O) groups excluding carboxylic acids is 1. The van der Waals surface area contributed by atoms with Crippen molar-refractivity contribution >= 4 is 17.5 Å². The molecule has 2 rings (SSSR count). The molecule has 2 fully saturated rings. The van der Waals surface area contributed by atoms with Crippen LogP contribution in [0.2, 0.25) is 0 Å². The van der Waals surface area contributed by atoms with Crippen molar-refractivity contribution in [2.24, 2.45) is 0 Å². The molecule has 2 aliphatic heterocycles. The molecule has 0 N–H and O–H groups in total. The Bertz CT molecular complexity index is 167. The van der Waals surface area contributed by atoms with E-state index < -0.39 is 0 Å². The van der Waals surface area contributed by atoms with Crippen LogP contribution in [0, 0.1) is 0 Å². The van der Waals surface area contributed by atoms with E-state index in [0.717, 1.165) is 24.3 Å². The van der Waals surface area contributed by atoms with Gasteiger partial charge in [0, 0.05) is 36.4 Å². The zero-order valence-corrected chi connectivity index (χ0v) is 7.56. The molecular formula is C8H13NOS. The van der Waals surface area contributed by atoms with Crippen LogP contribution >= 0.6 is 11.8 Å². The summed E-state index contributed by atoms with van der Waals surface area (Å²) in [5.41, 5.74) is 0. The van der Waals surface area contributed by atoms with E-state index in [0.29, 0.717) is 17.9 Å². The molecule has 2 nitrogen and oxygen atoms in total. The van der Waals surface area contributed by atoms with Crippen LogP contribution in [0.1, 0.15) is 12.8 Å². The second-order valence-electron chi connectivity index (χ2n) is 3.46. The summed E-state index contributed by atoms with van der Waals surface area (Å²) in [5, 5.41) is 0. The molecule has 0 unspecified atom stereocenters. The van der Waals surface area contributed by atoms with E-state index >= 15 is 0 Å². The number of carbonyl (C=O) groups is 1. The highest BCUT2D eigenvalue weighted by Crippen LogP contribution is 2.29. The molecule has 2 heterocycles. The first-order valence-corrected chi connectivity index (χ1v) is 5.24. The van der Waals surface area contributed by atoms with E-state index in [1.165, 1.54) is 0 Å². The van der Waals surface area contributed by atoms with Gasteiger partial charge in [0.1, 0.15) is 5.78 Å². The van der Waals surface area contributed by atoms with Crippen molar-refractivity contribution in [1.82, 2.24) is 4.90 Å². The van der Waals surface area contributed by atoms with Gasteiger partial charge in [0.25, 0.3) is 0 Å². The third-order valence-corrected chi connectivity index (χ3v) is 3.94. The second kappa shape index (κ2) is 2.79. The Morgan fingerprint density at radius 3 is 2.45 bits per heavy atom. The molecule has 2 atom stereocenters. The lowest BCUT2D eigenvalue weighted by atomic mass is 9.97. The van der Waals surface area contributed by atoms with Gasteiger partial charge < -0.3 is 0 Å².